The molecule has 5 rings (SSSR count). The molecule has 1 aromatic carbocycles. The lowest BCUT2D eigenvalue weighted by molar-refractivity contribution is -0.447. The molecule has 2 aliphatic carbocycles. The zero-order valence-electron chi connectivity index (χ0n) is 15.5. The first kappa shape index (κ1) is 21.6. The molecular weight excluding hydrogens is 444 g/mol. The average Bonchev–Trinajstić information content (AvgIpc) is 2.66. The van der Waals surface area contributed by atoms with Crippen LogP contribution in [0.3, 0.4) is 0 Å². The minimum atomic E-state index is -4.91. The van der Waals surface area contributed by atoms with Gasteiger partial charge in [-0.05, 0) is 24.0 Å². The van der Waals surface area contributed by atoms with Crippen molar-refractivity contribution < 1.29 is 44.1 Å². The van der Waals surface area contributed by atoms with E-state index < -0.39 is 57.0 Å². The van der Waals surface area contributed by atoms with Crippen LogP contribution in [0, 0.1) is 10.8 Å². The fraction of sp³-hybridized carbons (Fsp3) is 0.444. The fourth-order valence-electron chi connectivity index (χ4n) is 4.88. The SMILES string of the molecule is O=S(=O)([O-])OCCC12C=CC=CC1(CCOS(=O)(=O)[O-])C1[18O][18O]C2c2ccccc21. The number of rotatable bonds is 8. The van der Waals surface area contributed by atoms with E-state index in [2.05, 4.69) is 8.37 Å². The first-order chi connectivity index (χ1) is 14.1. The van der Waals surface area contributed by atoms with Crippen molar-refractivity contribution in [1.82, 2.24) is 0 Å². The quantitative estimate of drug-likeness (QED) is 0.241. The summed E-state index contributed by atoms with van der Waals surface area (Å²) in [4.78, 5) is 11.3. The highest BCUT2D eigenvalue weighted by Gasteiger charge is 2.66. The Hall–Kier alpha value is -1.64. The fourth-order valence-corrected chi connectivity index (χ4v) is 5.45. The summed E-state index contributed by atoms with van der Waals surface area (Å²) < 4.78 is 74.7. The number of benzene rings is 1. The maximum Gasteiger partial charge on any atom is 0.217 e. The summed E-state index contributed by atoms with van der Waals surface area (Å²) in [6.07, 6.45) is 5.86. The van der Waals surface area contributed by atoms with Crippen LogP contribution < -0.4 is 0 Å². The van der Waals surface area contributed by atoms with E-state index >= 15 is 0 Å². The average molecular weight is 462 g/mol. The summed E-state index contributed by atoms with van der Waals surface area (Å²) in [5.41, 5.74) is -0.238. The Labute approximate surface area is 173 Å². The standard InChI is InChI=1S/C18H20O10S2/c19-29(20,21)25-11-9-17-7-3-4-8-18(17,10-12-26-30(22,23)24)16-14-6-2-1-5-13(14)15(17)27-28-16/h1-8,15-16H,9-12H2,(H,19,20,21)(H,22,23,24)/p-2/i27+2,28+2. The van der Waals surface area contributed by atoms with E-state index in [0.29, 0.717) is 0 Å². The molecule has 4 aliphatic rings. The Morgan fingerprint density at radius 1 is 0.800 bits per heavy atom. The lowest BCUT2D eigenvalue weighted by Crippen LogP contribution is -2.57. The van der Waals surface area contributed by atoms with Crippen LogP contribution in [0.25, 0.3) is 0 Å². The van der Waals surface area contributed by atoms with Gasteiger partial charge in [-0.3, -0.25) is 8.37 Å². The second-order valence-corrected chi connectivity index (χ2v) is 9.45. The molecule has 12 heteroatoms. The molecule has 4 unspecified atom stereocenters. The maximum atomic E-state index is 11.0. The van der Waals surface area contributed by atoms with Crippen LogP contribution in [0.15, 0.2) is 48.6 Å². The third-order valence-electron chi connectivity index (χ3n) is 6.00. The maximum absolute atomic E-state index is 11.0. The summed E-state index contributed by atoms with van der Waals surface area (Å²) in [5, 5.41) is 0. The molecule has 0 N–H and O–H groups in total. The Morgan fingerprint density at radius 2 is 1.20 bits per heavy atom. The molecule has 10 nitrogen and oxygen atoms in total. The van der Waals surface area contributed by atoms with Gasteiger partial charge in [0.15, 0.2) is 0 Å². The monoisotopic (exact) mass is 462 g/mol. The Kier molecular flexibility index (Phi) is 5.39. The van der Waals surface area contributed by atoms with Crippen LogP contribution in [0.2, 0.25) is 0 Å². The Bertz CT molecular complexity index is 1010. The van der Waals surface area contributed by atoms with Gasteiger partial charge in [0.25, 0.3) is 0 Å². The van der Waals surface area contributed by atoms with Crippen LogP contribution in [0.5, 0.6) is 0 Å². The lowest BCUT2D eigenvalue weighted by atomic mass is 9.49. The number of hydrogen-bond acceptors (Lipinski definition) is 10. The first-order valence-electron chi connectivity index (χ1n) is 9.07. The molecule has 30 heavy (non-hydrogen) atoms. The molecule has 0 aromatic heterocycles. The van der Waals surface area contributed by atoms with Gasteiger partial charge in [0.2, 0.25) is 20.8 Å². The largest absolute Gasteiger partial charge is 0.726 e. The van der Waals surface area contributed by atoms with Crippen LogP contribution >= 0.6 is 0 Å². The Balaban J connectivity index is 1.78. The van der Waals surface area contributed by atoms with Crippen molar-refractivity contribution >= 4 is 20.8 Å². The second-order valence-electron chi connectivity index (χ2n) is 7.34. The van der Waals surface area contributed by atoms with Gasteiger partial charge in [0.1, 0.15) is 12.2 Å². The van der Waals surface area contributed by atoms with E-state index in [1.54, 1.807) is 12.2 Å². The van der Waals surface area contributed by atoms with E-state index in [0.717, 1.165) is 11.1 Å². The van der Waals surface area contributed by atoms with Gasteiger partial charge in [-0.25, -0.2) is 26.6 Å². The third kappa shape index (κ3) is 3.63. The number of fused-ring (bicyclic) bond motifs is 1. The highest BCUT2D eigenvalue weighted by atomic mass is 32.3. The zero-order valence-corrected chi connectivity index (χ0v) is 17.1. The molecule has 0 radical (unpaired) electrons. The molecule has 2 aliphatic heterocycles. The summed E-state index contributed by atoms with van der Waals surface area (Å²) in [6, 6.07) is 7.37. The number of hydrogen-bond donors (Lipinski definition) is 0. The molecular formula is C18H18O10S2-2. The minimum Gasteiger partial charge on any atom is -0.726 e. The first-order valence-corrected chi connectivity index (χ1v) is 11.7. The topological polar surface area (TPSA) is 151 Å². The van der Waals surface area contributed by atoms with Crippen molar-refractivity contribution in [1.29, 1.82) is 0 Å². The van der Waals surface area contributed by atoms with E-state index in [1.807, 2.05) is 36.4 Å². The van der Waals surface area contributed by atoms with Gasteiger partial charge in [-0.15, -0.1) is 0 Å². The van der Waals surface area contributed by atoms with Crippen LogP contribution in [-0.2, 0) is 38.9 Å². The molecule has 1 fully saturated rings. The van der Waals surface area contributed by atoms with Crippen molar-refractivity contribution in [3.8, 4) is 0 Å². The summed E-state index contributed by atoms with van der Waals surface area (Å²) in [5.74, 6) is 0. The van der Waals surface area contributed by atoms with E-state index in [1.165, 1.54) is 0 Å². The van der Waals surface area contributed by atoms with Gasteiger partial charge < -0.3 is 9.11 Å². The van der Waals surface area contributed by atoms with Crippen molar-refractivity contribution in [3.05, 3.63) is 59.7 Å². The van der Waals surface area contributed by atoms with Gasteiger partial charge in [0.05, 0.1) is 13.2 Å². The van der Waals surface area contributed by atoms with Gasteiger partial charge in [0, 0.05) is 10.8 Å². The van der Waals surface area contributed by atoms with Gasteiger partial charge >= 0.3 is 0 Å². The summed E-state index contributed by atoms with van der Waals surface area (Å²) in [7, 11) is -9.81. The minimum absolute atomic E-state index is 0.0539. The van der Waals surface area contributed by atoms with Crippen molar-refractivity contribution in [2.75, 3.05) is 13.2 Å². The van der Waals surface area contributed by atoms with Crippen molar-refractivity contribution in [2.45, 2.75) is 25.0 Å². The third-order valence-corrected chi connectivity index (χ3v) is 6.91. The predicted octanol–water partition coefficient (Wildman–Crippen LogP) is 1.58. The highest BCUT2D eigenvalue weighted by Crippen LogP contribution is 2.70. The van der Waals surface area contributed by atoms with E-state index in [9.17, 15) is 25.9 Å². The molecule has 1 aromatic rings. The zero-order chi connectivity index (χ0) is 21.6. The van der Waals surface area contributed by atoms with E-state index in [-0.39, 0.29) is 12.8 Å². The Morgan fingerprint density at radius 3 is 1.57 bits per heavy atom. The molecule has 2 bridgehead atoms. The van der Waals surface area contributed by atoms with E-state index in [4.69, 9.17) is 9.78 Å². The van der Waals surface area contributed by atoms with Gasteiger partial charge in [-0.1, -0.05) is 48.6 Å². The summed E-state index contributed by atoms with van der Waals surface area (Å²) >= 11 is 0. The van der Waals surface area contributed by atoms with Crippen LogP contribution in [-0.4, -0.2) is 39.2 Å². The number of allylic oxidation sites excluding steroid dienone is 2. The highest BCUT2D eigenvalue weighted by molar-refractivity contribution is 7.81. The molecule has 0 amide bonds. The molecule has 4 atom stereocenters. The predicted molar refractivity (Wildman–Crippen MR) is 97.8 cm³/mol. The van der Waals surface area contributed by atoms with Gasteiger partial charge in [-0.2, -0.15) is 0 Å². The molecule has 1 saturated heterocycles. The molecule has 2 heterocycles. The normalized spacial score (nSPS) is 32.1. The molecule has 164 valence electrons. The van der Waals surface area contributed by atoms with Crippen LogP contribution in [0.4, 0.5) is 0 Å². The molecule has 0 spiro atoms. The smallest absolute Gasteiger partial charge is 0.217 e. The van der Waals surface area contributed by atoms with Crippen molar-refractivity contribution in [2.24, 2.45) is 10.8 Å². The molecule has 0 saturated carbocycles. The summed E-state index contributed by atoms with van der Waals surface area (Å²) in [6.45, 7) is -0.831. The second kappa shape index (κ2) is 7.50. The van der Waals surface area contributed by atoms with Crippen LogP contribution in [0.1, 0.15) is 36.2 Å². The van der Waals surface area contributed by atoms with Crippen molar-refractivity contribution in [3.63, 3.8) is 0 Å². The lowest BCUT2D eigenvalue weighted by Gasteiger charge is -2.62.